The maximum absolute atomic E-state index is 11.3. The number of phenols is 3. The molecule has 0 aliphatic heterocycles. The van der Waals surface area contributed by atoms with Crippen LogP contribution in [0.5, 0.6) is 34.5 Å². The molecule has 0 saturated carbocycles. The quantitative estimate of drug-likeness (QED) is 0.328. The molecule has 33 heavy (non-hydrogen) atoms. The average Bonchev–Trinajstić information content (AvgIpc) is 2.80. The molecule has 0 radical (unpaired) electrons. The first-order chi connectivity index (χ1) is 15.8. The number of carbonyl (C=O) groups is 1. The lowest BCUT2D eigenvalue weighted by atomic mass is 9.85. The van der Waals surface area contributed by atoms with Gasteiger partial charge in [0.2, 0.25) is 0 Å². The monoisotopic (exact) mass is 456 g/mol. The Kier molecular flexibility index (Phi) is 7.14. The lowest BCUT2D eigenvalue weighted by Crippen LogP contribution is -2.30. The second-order valence-corrected chi connectivity index (χ2v) is 7.13. The second-order valence-electron chi connectivity index (χ2n) is 7.13. The molecule has 3 aromatic carbocycles. The Bertz CT molecular complexity index is 1120. The van der Waals surface area contributed by atoms with E-state index in [0.717, 1.165) is 0 Å². The van der Waals surface area contributed by atoms with Crippen LogP contribution < -0.4 is 14.2 Å². The molecule has 174 valence electrons. The highest BCUT2D eigenvalue weighted by Crippen LogP contribution is 2.43. The summed E-state index contributed by atoms with van der Waals surface area (Å²) in [6.07, 6.45) is -1.07. The third-order valence-corrected chi connectivity index (χ3v) is 5.17. The molecule has 9 heteroatoms. The number of aromatic carboxylic acids is 1. The fourth-order valence-electron chi connectivity index (χ4n) is 3.59. The fraction of sp³-hybridized carbons (Fsp3) is 0.208. The SMILES string of the molecule is COc1cc(C(c2c(O)cccc2O)C(CO)Oc2ccc(C(=O)O)cc2OC)ccc1O. The van der Waals surface area contributed by atoms with Crippen molar-refractivity contribution in [1.29, 1.82) is 0 Å². The Balaban J connectivity index is 2.14. The largest absolute Gasteiger partial charge is 0.508 e. The molecular weight excluding hydrogens is 432 g/mol. The predicted molar refractivity (Wildman–Crippen MR) is 118 cm³/mol. The number of carboxylic acid groups (broad SMARTS) is 1. The van der Waals surface area contributed by atoms with E-state index in [1.54, 1.807) is 6.07 Å². The van der Waals surface area contributed by atoms with Crippen LogP contribution in [0.15, 0.2) is 54.6 Å². The summed E-state index contributed by atoms with van der Waals surface area (Å²) in [5.41, 5.74) is 0.532. The highest BCUT2D eigenvalue weighted by molar-refractivity contribution is 5.88. The number of rotatable bonds is 9. The first-order valence-corrected chi connectivity index (χ1v) is 9.87. The second kappa shape index (κ2) is 10.0. The van der Waals surface area contributed by atoms with E-state index in [4.69, 9.17) is 14.2 Å². The fourth-order valence-corrected chi connectivity index (χ4v) is 3.59. The van der Waals surface area contributed by atoms with E-state index in [1.165, 1.54) is 62.8 Å². The van der Waals surface area contributed by atoms with E-state index in [-0.39, 0.29) is 45.6 Å². The molecule has 0 spiro atoms. The van der Waals surface area contributed by atoms with Crippen molar-refractivity contribution >= 4 is 5.97 Å². The van der Waals surface area contributed by atoms with Gasteiger partial charge in [-0.2, -0.15) is 0 Å². The third kappa shape index (κ3) is 4.88. The summed E-state index contributed by atoms with van der Waals surface area (Å²) < 4.78 is 16.4. The van der Waals surface area contributed by atoms with Crippen molar-refractivity contribution < 1.29 is 44.5 Å². The highest BCUT2D eigenvalue weighted by Gasteiger charge is 2.32. The summed E-state index contributed by atoms with van der Waals surface area (Å²) in [7, 11) is 2.72. The summed E-state index contributed by atoms with van der Waals surface area (Å²) in [6, 6.07) is 12.7. The van der Waals surface area contributed by atoms with Gasteiger partial charge in [-0.3, -0.25) is 0 Å². The zero-order valence-corrected chi connectivity index (χ0v) is 17.9. The standard InChI is InChI=1S/C24H24O9/c1-31-19-10-13(6-8-15(19)26)22(23-16(27)4-3-5-17(23)28)21(12-25)33-18-9-7-14(24(29)30)11-20(18)32-2/h3-11,21-22,25-28H,12H2,1-2H3,(H,29,30). The Morgan fingerprint density at radius 2 is 1.52 bits per heavy atom. The minimum atomic E-state index is -1.15. The van der Waals surface area contributed by atoms with Gasteiger partial charge in [0.15, 0.2) is 23.0 Å². The van der Waals surface area contributed by atoms with Crippen molar-refractivity contribution in [2.45, 2.75) is 12.0 Å². The smallest absolute Gasteiger partial charge is 0.335 e. The Morgan fingerprint density at radius 3 is 2.09 bits per heavy atom. The van der Waals surface area contributed by atoms with Crippen LogP contribution in [0.2, 0.25) is 0 Å². The van der Waals surface area contributed by atoms with Crippen molar-refractivity contribution in [1.82, 2.24) is 0 Å². The highest BCUT2D eigenvalue weighted by atomic mass is 16.5. The van der Waals surface area contributed by atoms with Gasteiger partial charge in [0.25, 0.3) is 0 Å². The molecule has 0 bridgehead atoms. The van der Waals surface area contributed by atoms with E-state index in [1.807, 2.05) is 0 Å². The van der Waals surface area contributed by atoms with Gasteiger partial charge in [0.05, 0.1) is 32.3 Å². The van der Waals surface area contributed by atoms with Gasteiger partial charge in [0, 0.05) is 5.56 Å². The zero-order chi connectivity index (χ0) is 24.1. The van der Waals surface area contributed by atoms with Gasteiger partial charge in [-0.1, -0.05) is 12.1 Å². The maximum atomic E-state index is 11.3. The van der Waals surface area contributed by atoms with Gasteiger partial charge in [-0.15, -0.1) is 0 Å². The zero-order valence-electron chi connectivity index (χ0n) is 17.9. The minimum absolute atomic E-state index is 0.0158. The summed E-state index contributed by atoms with van der Waals surface area (Å²) in [5.74, 6) is -2.24. The molecule has 5 N–H and O–H groups in total. The number of aliphatic hydroxyl groups is 1. The summed E-state index contributed by atoms with van der Waals surface area (Å²) in [4.78, 5) is 11.3. The van der Waals surface area contributed by atoms with Crippen molar-refractivity contribution in [3.8, 4) is 34.5 Å². The summed E-state index contributed by atoms with van der Waals surface area (Å²) >= 11 is 0. The number of ether oxygens (including phenoxy) is 3. The molecule has 0 aromatic heterocycles. The van der Waals surface area contributed by atoms with Crippen LogP contribution in [0.1, 0.15) is 27.4 Å². The molecule has 2 unspecified atom stereocenters. The van der Waals surface area contributed by atoms with E-state index in [0.29, 0.717) is 5.56 Å². The number of phenolic OH excluding ortho intramolecular Hbond substituents is 3. The molecule has 9 nitrogen and oxygen atoms in total. The maximum Gasteiger partial charge on any atom is 0.335 e. The molecule has 0 amide bonds. The molecule has 0 aliphatic carbocycles. The minimum Gasteiger partial charge on any atom is -0.508 e. The van der Waals surface area contributed by atoms with Crippen LogP contribution in [-0.4, -0.2) is 58.4 Å². The molecule has 0 aliphatic rings. The van der Waals surface area contributed by atoms with E-state index < -0.39 is 24.6 Å². The van der Waals surface area contributed by atoms with Crippen LogP contribution in [0.4, 0.5) is 0 Å². The molecular formula is C24H24O9. The first-order valence-electron chi connectivity index (χ1n) is 9.87. The van der Waals surface area contributed by atoms with Gasteiger partial charge in [-0.25, -0.2) is 4.79 Å². The van der Waals surface area contributed by atoms with Crippen LogP contribution in [-0.2, 0) is 0 Å². The van der Waals surface area contributed by atoms with Gasteiger partial charge >= 0.3 is 5.97 Å². The van der Waals surface area contributed by atoms with E-state index in [9.17, 15) is 30.3 Å². The number of aromatic hydroxyl groups is 3. The molecule has 3 rings (SSSR count). The van der Waals surface area contributed by atoms with Gasteiger partial charge in [0.1, 0.15) is 17.6 Å². The summed E-state index contributed by atoms with van der Waals surface area (Å²) in [6.45, 7) is -0.550. The average molecular weight is 456 g/mol. The molecule has 0 saturated heterocycles. The van der Waals surface area contributed by atoms with E-state index >= 15 is 0 Å². The summed E-state index contributed by atoms with van der Waals surface area (Å²) in [5, 5.41) is 50.6. The van der Waals surface area contributed by atoms with Crippen molar-refractivity contribution in [3.63, 3.8) is 0 Å². The van der Waals surface area contributed by atoms with Crippen LogP contribution in [0, 0.1) is 0 Å². The molecule has 2 atom stereocenters. The van der Waals surface area contributed by atoms with Crippen molar-refractivity contribution in [2.75, 3.05) is 20.8 Å². The number of benzene rings is 3. The van der Waals surface area contributed by atoms with Crippen LogP contribution >= 0.6 is 0 Å². The van der Waals surface area contributed by atoms with Gasteiger partial charge < -0.3 is 39.7 Å². The number of aliphatic hydroxyl groups excluding tert-OH is 1. The number of hydrogen-bond acceptors (Lipinski definition) is 8. The Hall–Kier alpha value is -4.11. The number of carboxylic acids is 1. The van der Waals surface area contributed by atoms with Gasteiger partial charge in [-0.05, 0) is 48.0 Å². The normalized spacial score (nSPS) is 12.6. The topological polar surface area (TPSA) is 146 Å². The lowest BCUT2D eigenvalue weighted by Gasteiger charge is -2.29. The molecule has 0 heterocycles. The number of methoxy groups -OCH3 is 2. The Morgan fingerprint density at radius 1 is 0.848 bits per heavy atom. The lowest BCUT2D eigenvalue weighted by molar-refractivity contribution is 0.0695. The third-order valence-electron chi connectivity index (χ3n) is 5.17. The number of hydrogen-bond donors (Lipinski definition) is 5. The first kappa shape index (κ1) is 23.6. The van der Waals surface area contributed by atoms with Crippen LogP contribution in [0.25, 0.3) is 0 Å². The van der Waals surface area contributed by atoms with E-state index in [2.05, 4.69) is 0 Å². The van der Waals surface area contributed by atoms with Crippen molar-refractivity contribution in [3.05, 3.63) is 71.3 Å². The predicted octanol–water partition coefficient (Wildman–Crippen LogP) is 3.09. The van der Waals surface area contributed by atoms with Crippen molar-refractivity contribution in [2.24, 2.45) is 0 Å². The Labute approximate surface area is 189 Å². The molecule has 3 aromatic rings. The van der Waals surface area contributed by atoms with Crippen LogP contribution in [0.3, 0.4) is 0 Å². The molecule has 0 fully saturated rings.